The molecule has 0 aromatic heterocycles. The fourth-order valence-corrected chi connectivity index (χ4v) is 2.04. The highest BCUT2D eigenvalue weighted by molar-refractivity contribution is 5.95. The Morgan fingerprint density at radius 2 is 1.85 bits per heavy atom. The van der Waals surface area contributed by atoms with Crippen molar-refractivity contribution in [2.75, 3.05) is 19.3 Å². The quantitative estimate of drug-likeness (QED) is 0.867. The highest BCUT2D eigenvalue weighted by atomic mass is 16.2. The Morgan fingerprint density at radius 3 is 2.50 bits per heavy atom. The van der Waals surface area contributed by atoms with Crippen LogP contribution < -0.4 is 5.73 Å². The molecule has 0 aliphatic carbocycles. The molecule has 0 saturated heterocycles. The van der Waals surface area contributed by atoms with Crippen LogP contribution in [0.1, 0.15) is 21.5 Å². The molecule has 3 nitrogen and oxygen atoms in total. The summed E-state index contributed by atoms with van der Waals surface area (Å²) in [5.74, 6) is 0.00707. The smallest absolute Gasteiger partial charge is 0.253 e. The Labute approximate surface area is 120 Å². The van der Waals surface area contributed by atoms with Gasteiger partial charge < -0.3 is 10.6 Å². The normalized spacial score (nSPS) is 10.3. The second-order valence-electron chi connectivity index (χ2n) is 5.03. The van der Waals surface area contributed by atoms with Crippen LogP contribution in [-0.2, 0) is 6.42 Å². The van der Waals surface area contributed by atoms with Gasteiger partial charge in [0.1, 0.15) is 0 Å². The summed E-state index contributed by atoms with van der Waals surface area (Å²) in [5, 5.41) is 0. The maximum absolute atomic E-state index is 12.3. The molecule has 20 heavy (non-hydrogen) atoms. The second-order valence-corrected chi connectivity index (χ2v) is 5.03. The summed E-state index contributed by atoms with van der Waals surface area (Å²) >= 11 is 0. The summed E-state index contributed by atoms with van der Waals surface area (Å²) in [4.78, 5) is 14.0. The summed E-state index contributed by atoms with van der Waals surface area (Å²) in [7, 11) is 1.82. The lowest BCUT2D eigenvalue weighted by Gasteiger charge is -2.17. The van der Waals surface area contributed by atoms with Gasteiger partial charge in [0.05, 0.1) is 0 Å². The minimum Gasteiger partial charge on any atom is -0.398 e. The minimum atomic E-state index is 0.00707. The average Bonchev–Trinajstić information content (AvgIpc) is 2.48. The molecule has 3 heteroatoms. The summed E-state index contributed by atoms with van der Waals surface area (Å²) in [5.41, 5.74) is 9.38. The number of rotatable bonds is 4. The molecule has 0 unspecified atom stereocenters. The number of nitrogens with two attached hydrogens (primary N) is 1. The lowest BCUT2D eigenvalue weighted by molar-refractivity contribution is 0.0796. The zero-order valence-electron chi connectivity index (χ0n) is 12.0. The molecule has 0 aliphatic heterocycles. The monoisotopic (exact) mass is 268 g/mol. The zero-order valence-corrected chi connectivity index (χ0v) is 12.0. The summed E-state index contributed by atoms with van der Waals surface area (Å²) < 4.78 is 0. The van der Waals surface area contributed by atoms with Crippen molar-refractivity contribution >= 4 is 11.6 Å². The first-order valence-electron chi connectivity index (χ1n) is 6.73. The van der Waals surface area contributed by atoms with Crippen molar-refractivity contribution in [1.29, 1.82) is 0 Å². The predicted octanol–water partition coefficient (Wildman–Crippen LogP) is 2.89. The lowest BCUT2D eigenvalue weighted by Crippen LogP contribution is -2.28. The number of nitrogens with zero attached hydrogens (tertiary/aromatic N) is 1. The number of nitrogen functional groups attached to an aromatic ring is 1. The largest absolute Gasteiger partial charge is 0.398 e. The van der Waals surface area contributed by atoms with E-state index in [1.54, 1.807) is 11.0 Å². The number of hydrogen-bond acceptors (Lipinski definition) is 2. The molecule has 1 amide bonds. The topological polar surface area (TPSA) is 46.3 Å². The van der Waals surface area contributed by atoms with Crippen molar-refractivity contribution in [2.45, 2.75) is 13.3 Å². The molecule has 104 valence electrons. The molecule has 0 aliphatic rings. The van der Waals surface area contributed by atoms with Crippen molar-refractivity contribution < 1.29 is 4.79 Å². The first-order chi connectivity index (χ1) is 9.58. The molecule has 0 atom stereocenters. The number of hydrogen-bond donors (Lipinski definition) is 1. The van der Waals surface area contributed by atoms with Crippen molar-refractivity contribution in [1.82, 2.24) is 4.90 Å². The van der Waals surface area contributed by atoms with Crippen LogP contribution in [0, 0.1) is 6.92 Å². The first kappa shape index (κ1) is 14.1. The van der Waals surface area contributed by atoms with Gasteiger partial charge in [-0.3, -0.25) is 4.79 Å². The van der Waals surface area contributed by atoms with Crippen molar-refractivity contribution in [3.05, 3.63) is 65.2 Å². The Kier molecular flexibility index (Phi) is 4.41. The van der Waals surface area contributed by atoms with Gasteiger partial charge in [0.2, 0.25) is 0 Å². The molecular formula is C17H20N2O. The van der Waals surface area contributed by atoms with E-state index in [1.165, 1.54) is 5.56 Å². The number of carbonyl (C=O) groups excluding carboxylic acids is 1. The summed E-state index contributed by atoms with van der Waals surface area (Å²) in [6.45, 7) is 2.62. The Balaban J connectivity index is 1.99. The molecule has 0 spiro atoms. The number of benzene rings is 2. The standard InChI is InChI=1S/C17H20N2O/c1-13-8-9-15(12-16(13)18)17(20)19(2)11-10-14-6-4-3-5-7-14/h3-9,12H,10-11,18H2,1-2H3. The molecule has 0 radical (unpaired) electrons. The van der Waals surface area contributed by atoms with Crippen molar-refractivity contribution in [3.8, 4) is 0 Å². The van der Waals surface area contributed by atoms with Crippen LogP contribution >= 0.6 is 0 Å². The maximum atomic E-state index is 12.3. The summed E-state index contributed by atoms with van der Waals surface area (Å²) in [6, 6.07) is 15.6. The van der Waals surface area contributed by atoms with Crippen LogP contribution in [0.3, 0.4) is 0 Å². The van der Waals surface area contributed by atoms with Crippen molar-refractivity contribution in [2.24, 2.45) is 0 Å². The SMILES string of the molecule is Cc1ccc(C(=O)N(C)CCc2ccccc2)cc1N. The number of anilines is 1. The third-order valence-electron chi connectivity index (χ3n) is 3.45. The van der Waals surface area contributed by atoms with Gasteiger partial charge in [0, 0.05) is 24.8 Å². The highest BCUT2D eigenvalue weighted by Gasteiger charge is 2.12. The third-order valence-corrected chi connectivity index (χ3v) is 3.45. The van der Waals surface area contributed by atoms with Crippen LogP contribution in [0.5, 0.6) is 0 Å². The van der Waals surface area contributed by atoms with Crippen molar-refractivity contribution in [3.63, 3.8) is 0 Å². The second kappa shape index (κ2) is 6.24. The van der Waals surface area contributed by atoms with Gasteiger partial charge in [-0.2, -0.15) is 0 Å². The highest BCUT2D eigenvalue weighted by Crippen LogP contribution is 2.14. The molecule has 2 N–H and O–H groups in total. The Bertz CT molecular complexity index is 593. The van der Waals surface area contributed by atoms with E-state index in [-0.39, 0.29) is 5.91 Å². The molecule has 0 bridgehead atoms. The number of likely N-dealkylation sites (N-methyl/N-ethyl adjacent to an activating group) is 1. The fraction of sp³-hybridized carbons (Fsp3) is 0.235. The Hall–Kier alpha value is -2.29. The number of amides is 1. The molecule has 0 saturated carbocycles. The maximum Gasteiger partial charge on any atom is 0.253 e. The van der Waals surface area contributed by atoms with Gasteiger partial charge in [0.25, 0.3) is 5.91 Å². The molecule has 0 fully saturated rings. The molecule has 2 rings (SSSR count). The number of carbonyl (C=O) groups is 1. The molecule has 0 heterocycles. The van der Waals surface area contributed by atoms with Gasteiger partial charge in [-0.25, -0.2) is 0 Å². The summed E-state index contributed by atoms with van der Waals surface area (Å²) in [6.07, 6.45) is 0.852. The minimum absolute atomic E-state index is 0.00707. The van der Waals surface area contributed by atoms with Gasteiger partial charge in [-0.1, -0.05) is 36.4 Å². The van der Waals surface area contributed by atoms with Gasteiger partial charge >= 0.3 is 0 Å². The van der Waals surface area contributed by atoms with Crippen LogP contribution in [0.15, 0.2) is 48.5 Å². The van der Waals surface area contributed by atoms with Crippen LogP contribution in [0.25, 0.3) is 0 Å². The fourth-order valence-electron chi connectivity index (χ4n) is 2.04. The van der Waals surface area contributed by atoms with E-state index in [2.05, 4.69) is 12.1 Å². The average molecular weight is 268 g/mol. The third kappa shape index (κ3) is 3.38. The van der Waals surface area contributed by atoms with Crippen LogP contribution in [-0.4, -0.2) is 24.4 Å². The van der Waals surface area contributed by atoms with E-state index < -0.39 is 0 Å². The Morgan fingerprint density at radius 1 is 1.15 bits per heavy atom. The predicted molar refractivity (Wildman–Crippen MR) is 82.7 cm³/mol. The first-order valence-corrected chi connectivity index (χ1v) is 6.73. The van der Waals surface area contributed by atoms with E-state index in [4.69, 9.17) is 5.73 Å². The van der Waals surface area contributed by atoms with E-state index in [1.807, 2.05) is 44.3 Å². The van der Waals surface area contributed by atoms with E-state index >= 15 is 0 Å². The zero-order chi connectivity index (χ0) is 14.5. The molecule has 2 aromatic rings. The number of aryl methyl sites for hydroxylation is 1. The lowest BCUT2D eigenvalue weighted by atomic mass is 10.1. The van der Waals surface area contributed by atoms with E-state index in [9.17, 15) is 4.79 Å². The van der Waals surface area contributed by atoms with E-state index in [0.29, 0.717) is 17.8 Å². The van der Waals surface area contributed by atoms with Gasteiger partial charge in [0.15, 0.2) is 0 Å². The van der Waals surface area contributed by atoms with Crippen LogP contribution in [0.2, 0.25) is 0 Å². The molecule has 2 aromatic carbocycles. The van der Waals surface area contributed by atoms with Gasteiger partial charge in [-0.05, 0) is 36.6 Å². The van der Waals surface area contributed by atoms with Gasteiger partial charge in [-0.15, -0.1) is 0 Å². The molecular weight excluding hydrogens is 248 g/mol. The van der Waals surface area contributed by atoms with Crippen LogP contribution in [0.4, 0.5) is 5.69 Å². The van der Waals surface area contributed by atoms with E-state index in [0.717, 1.165) is 12.0 Å².